The van der Waals surface area contributed by atoms with Crippen molar-refractivity contribution in [3.05, 3.63) is 70.2 Å². The van der Waals surface area contributed by atoms with Gasteiger partial charge in [-0.3, -0.25) is 14.5 Å². The average Bonchev–Trinajstić information content (AvgIpc) is 2.82. The highest BCUT2D eigenvalue weighted by Crippen LogP contribution is 2.15. The van der Waals surface area contributed by atoms with Crippen molar-refractivity contribution >= 4 is 35.2 Å². The fraction of sp³-hybridized carbons (Fsp3) is 0.440. The van der Waals surface area contributed by atoms with Gasteiger partial charge in [-0.25, -0.2) is 0 Å². The first-order valence-electron chi connectivity index (χ1n) is 11.3. The predicted octanol–water partition coefficient (Wildman–Crippen LogP) is 3.26. The first-order valence-corrected chi connectivity index (χ1v) is 13.0. The number of amides is 2. The molecule has 1 saturated heterocycles. The van der Waals surface area contributed by atoms with Gasteiger partial charge in [-0.2, -0.15) is 11.8 Å². The molecule has 3 rings (SSSR count). The predicted molar refractivity (Wildman–Crippen MR) is 137 cm³/mol. The van der Waals surface area contributed by atoms with Crippen LogP contribution in [0.3, 0.4) is 0 Å². The molecule has 2 aromatic carbocycles. The molecule has 1 atom stereocenters. The zero-order valence-corrected chi connectivity index (χ0v) is 20.9. The number of nitrogens with zero attached hydrogens (tertiary/aromatic N) is 2. The van der Waals surface area contributed by atoms with E-state index in [0.29, 0.717) is 23.6 Å². The second-order valence-corrected chi connectivity index (χ2v) is 9.80. The van der Waals surface area contributed by atoms with Crippen LogP contribution in [0, 0.1) is 0 Å². The summed E-state index contributed by atoms with van der Waals surface area (Å²) in [5.41, 5.74) is 2.67. The molecule has 0 aromatic heterocycles. The summed E-state index contributed by atoms with van der Waals surface area (Å²) >= 11 is 7.79. The second kappa shape index (κ2) is 13.0. The zero-order chi connectivity index (χ0) is 23.6. The van der Waals surface area contributed by atoms with Crippen molar-refractivity contribution in [3.8, 4) is 0 Å². The van der Waals surface area contributed by atoms with E-state index < -0.39 is 6.04 Å². The number of halogens is 1. The van der Waals surface area contributed by atoms with Gasteiger partial charge >= 0.3 is 0 Å². The highest BCUT2D eigenvalue weighted by atomic mass is 35.5. The van der Waals surface area contributed by atoms with Crippen LogP contribution in [0.25, 0.3) is 0 Å². The third-order valence-electron chi connectivity index (χ3n) is 5.81. The molecule has 0 radical (unpaired) electrons. The molecule has 1 aliphatic heterocycles. The van der Waals surface area contributed by atoms with E-state index in [0.717, 1.165) is 44.0 Å². The molecule has 2 N–H and O–H groups in total. The van der Waals surface area contributed by atoms with E-state index in [1.54, 1.807) is 36.0 Å². The van der Waals surface area contributed by atoms with Crippen LogP contribution in [-0.2, 0) is 17.9 Å². The Morgan fingerprint density at radius 2 is 1.79 bits per heavy atom. The Labute approximate surface area is 206 Å². The van der Waals surface area contributed by atoms with Crippen LogP contribution in [0.2, 0.25) is 5.02 Å². The number of hydrogen-bond acceptors (Lipinski definition) is 5. The first-order chi connectivity index (χ1) is 16.0. The van der Waals surface area contributed by atoms with E-state index in [1.807, 2.05) is 18.4 Å². The van der Waals surface area contributed by atoms with Gasteiger partial charge in [0, 0.05) is 39.3 Å². The summed E-state index contributed by atoms with van der Waals surface area (Å²) in [6.07, 6.45) is 2.53. The number of rotatable bonds is 10. The zero-order valence-electron chi connectivity index (χ0n) is 19.4. The molecule has 2 aromatic rings. The maximum absolute atomic E-state index is 12.9. The van der Waals surface area contributed by atoms with Crippen molar-refractivity contribution < 1.29 is 9.59 Å². The second-order valence-electron chi connectivity index (χ2n) is 8.40. The monoisotopic (exact) mass is 488 g/mol. The van der Waals surface area contributed by atoms with Crippen LogP contribution in [0.4, 0.5) is 0 Å². The molecule has 2 amide bonds. The molecule has 0 bridgehead atoms. The standard InChI is InChI=1S/C25H33ClN4O2S/c1-29-11-13-30(14-12-29)18-20-7-5-6-19(16-20)17-27-25(32)23(10-15-33-2)28-24(31)21-8-3-4-9-22(21)26/h3-9,16,23H,10-15,17-18H2,1-2H3,(H,27,32)(H,28,31). The third kappa shape index (κ3) is 8.03. The van der Waals surface area contributed by atoms with Crippen LogP contribution in [0.5, 0.6) is 0 Å². The third-order valence-corrected chi connectivity index (χ3v) is 6.78. The van der Waals surface area contributed by atoms with Crippen molar-refractivity contribution in [2.45, 2.75) is 25.6 Å². The molecule has 33 heavy (non-hydrogen) atoms. The molecule has 0 spiro atoms. The van der Waals surface area contributed by atoms with Gasteiger partial charge in [-0.15, -0.1) is 0 Å². The number of hydrogen-bond donors (Lipinski definition) is 2. The Kier molecular flexibility index (Phi) is 10.1. The van der Waals surface area contributed by atoms with E-state index >= 15 is 0 Å². The minimum absolute atomic E-state index is 0.186. The Hall–Kier alpha value is -2.06. The lowest BCUT2D eigenvalue weighted by Crippen LogP contribution is -2.47. The number of nitrogens with one attached hydrogen (secondary N) is 2. The number of benzene rings is 2. The molecule has 1 aliphatic rings. The largest absolute Gasteiger partial charge is 0.350 e. The fourth-order valence-electron chi connectivity index (χ4n) is 3.80. The van der Waals surface area contributed by atoms with Gasteiger partial charge < -0.3 is 15.5 Å². The fourth-order valence-corrected chi connectivity index (χ4v) is 4.49. The summed E-state index contributed by atoms with van der Waals surface area (Å²) < 4.78 is 0. The number of piperazine rings is 1. The van der Waals surface area contributed by atoms with Crippen LogP contribution in [0.1, 0.15) is 27.9 Å². The minimum Gasteiger partial charge on any atom is -0.350 e. The molecular weight excluding hydrogens is 456 g/mol. The van der Waals surface area contributed by atoms with E-state index in [2.05, 4.69) is 39.6 Å². The normalized spacial score (nSPS) is 15.7. The van der Waals surface area contributed by atoms with Crippen molar-refractivity contribution in [1.29, 1.82) is 0 Å². The lowest BCUT2D eigenvalue weighted by Gasteiger charge is -2.32. The Morgan fingerprint density at radius 3 is 2.52 bits per heavy atom. The van der Waals surface area contributed by atoms with Crippen LogP contribution >= 0.6 is 23.4 Å². The van der Waals surface area contributed by atoms with Crippen LogP contribution in [-0.4, -0.2) is 72.9 Å². The lowest BCUT2D eigenvalue weighted by molar-refractivity contribution is -0.123. The smallest absolute Gasteiger partial charge is 0.253 e. The summed E-state index contributed by atoms with van der Waals surface area (Å²) in [5.74, 6) is 0.242. The summed E-state index contributed by atoms with van der Waals surface area (Å²) in [6.45, 7) is 5.66. The lowest BCUT2D eigenvalue weighted by atomic mass is 10.1. The molecule has 1 unspecified atom stereocenters. The highest BCUT2D eigenvalue weighted by Gasteiger charge is 2.22. The topological polar surface area (TPSA) is 64.7 Å². The minimum atomic E-state index is -0.616. The maximum atomic E-state index is 12.9. The number of carbonyl (C=O) groups is 2. The molecule has 0 aliphatic carbocycles. The SMILES string of the molecule is CSCCC(NC(=O)c1ccccc1Cl)C(=O)NCc1cccc(CN2CCN(C)CC2)c1. The summed E-state index contributed by atoms with van der Waals surface area (Å²) in [7, 11) is 2.16. The summed E-state index contributed by atoms with van der Waals surface area (Å²) in [4.78, 5) is 30.4. The first kappa shape index (κ1) is 25.6. The Bertz CT molecular complexity index is 934. The van der Waals surface area contributed by atoms with Crippen molar-refractivity contribution in [2.24, 2.45) is 0 Å². The molecule has 6 nitrogen and oxygen atoms in total. The summed E-state index contributed by atoms with van der Waals surface area (Å²) in [6, 6.07) is 14.6. The average molecular weight is 489 g/mol. The highest BCUT2D eigenvalue weighted by molar-refractivity contribution is 7.98. The Morgan fingerprint density at radius 1 is 1.06 bits per heavy atom. The van der Waals surface area contributed by atoms with E-state index in [-0.39, 0.29) is 11.8 Å². The van der Waals surface area contributed by atoms with Gasteiger partial charge in [0.25, 0.3) is 5.91 Å². The molecule has 0 saturated carbocycles. The van der Waals surface area contributed by atoms with Crippen LogP contribution < -0.4 is 10.6 Å². The van der Waals surface area contributed by atoms with Gasteiger partial charge in [0.1, 0.15) is 6.04 Å². The van der Waals surface area contributed by atoms with E-state index in [1.165, 1.54) is 5.56 Å². The van der Waals surface area contributed by atoms with Gasteiger partial charge in [-0.1, -0.05) is 48.0 Å². The van der Waals surface area contributed by atoms with E-state index in [9.17, 15) is 9.59 Å². The van der Waals surface area contributed by atoms with Gasteiger partial charge in [0.05, 0.1) is 10.6 Å². The van der Waals surface area contributed by atoms with Crippen LogP contribution in [0.15, 0.2) is 48.5 Å². The molecule has 178 valence electrons. The van der Waals surface area contributed by atoms with Gasteiger partial charge in [0.2, 0.25) is 5.91 Å². The Balaban J connectivity index is 1.57. The number of carbonyl (C=O) groups excluding carboxylic acids is 2. The quantitative estimate of drug-likeness (QED) is 0.537. The van der Waals surface area contributed by atoms with Gasteiger partial charge in [0.15, 0.2) is 0 Å². The number of thioether (sulfide) groups is 1. The molecule has 1 heterocycles. The maximum Gasteiger partial charge on any atom is 0.253 e. The van der Waals surface area contributed by atoms with Crippen molar-refractivity contribution in [3.63, 3.8) is 0 Å². The molecule has 8 heteroatoms. The summed E-state index contributed by atoms with van der Waals surface area (Å²) in [5, 5.41) is 6.23. The molecular formula is C25H33ClN4O2S. The molecule has 1 fully saturated rings. The van der Waals surface area contributed by atoms with Crippen molar-refractivity contribution in [2.75, 3.05) is 45.2 Å². The van der Waals surface area contributed by atoms with E-state index in [4.69, 9.17) is 11.6 Å². The van der Waals surface area contributed by atoms with Crippen molar-refractivity contribution in [1.82, 2.24) is 20.4 Å². The number of likely N-dealkylation sites (N-methyl/N-ethyl adjacent to an activating group) is 1. The van der Waals surface area contributed by atoms with Gasteiger partial charge in [-0.05, 0) is 48.7 Å².